The van der Waals surface area contributed by atoms with E-state index in [1.807, 2.05) is 23.9 Å². The van der Waals surface area contributed by atoms with Crippen LogP contribution in [0.25, 0.3) is 0 Å². The lowest BCUT2D eigenvalue weighted by Crippen LogP contribution is -2.25. The predicted molar refractivity (Wildman–Crippen MR) is 79.4 cm³/mol. The van der Waals surface area contributed by atoms with E-state index in [1.165, 1.54) is 16.1 Å². The van der Waals surface area contributed by atoms with Gasteiger partial charge in [-0.25, -0.2) is 0 Å². The zero-order chi connectivity index (χ0) is 12.5. The van der Waals surface area contributed by atoms with Gasteiger partial charge in [0.05, 0.1) is 11.1 Å². The van der Waals surface area contributed by atoms with Crippen LogP contribution in [-0.2, 0) is 6.54 Å². The molecule has 0 bridgehead atoms. The van der Waals surface area contributed by atoms with Crippen molar-refractivity contribution in [2.45, 2.75) is 23.7 Å². The van der Waals surface area contributed by atoms with Crippen LogP contribution < -0.4 is 4.90 Å². The minimum Gasteiger partial charge on any atom is -0.354 e. The highest BCUT2D eigenvalue weighted by Gasteiger charge is 2.25. The van der Waals surface area contributed by atoms with Crippen molar-refractivity contribution in [1.29, 1.82) is 0 Å². The van der Waals surface area contributed by atoms with Gasteiger partial charge in [-0.05, 0) is 36.8 Å². The molecule has 3 rings (SSSR count). The Morgan fingerprint density at radius 3 is 2.61 bits per heavy atom. The van der Waals surface area contributed by atoms with Crippen LogP contribution in [0.1, 0.15) is 12.5 Å². The number of benzene rings is 2. The predicted octanol–water partition coefficient (Wildman–Crippen LogP) is 4.80. The van der Waals surface area contributed by atoms with Crippen molar-refractivity contribution in [2.24, 2.45) is 0 Å². The zero-order valence-electron chi connectivity index (χ0n) is 10.1. The number of anilines is 1. The molecule has 1 atom stereocenters. The molecule has 1 unspecified atom stereocenters. The minimum absolute atomic E-state index is 0.484. The summed E-state index contributed by atoms with van der Waals surface area (Å²) in [4.78, 5) is 3.81. The normalized spacial score (nSPS) is 17.9. The van der Waals surface area contributed by atoms with Gasteiger partial charge in [-0.2, -0.15) is 0 Å². The molecule has 0 saturated heterocycles. The molecule has 1 aliphatic heterocycles. The van der Waals surface area contributed by atoms with E-state index in [9.17, 15) is 0 Å². The molecule has 0 aromatic heterocycles. The van der Waals surface area contributed by atoms with Crippen molar-refractivity contribution in [3.63, 3.8) is 0 Å². The van der Waals surface area contributed by atoms with Gasteiger partial charge in [-0.1, -0.05) is 47.6 Å². The molecule has 1 nitrogen and oxygen atoms in total. The second-order valence-electron chi connectivity index (χ2n) is 4.44. The van der Waals surface area contributed by atoms with Crippen LogP contribution in [0, 0.1) is 0 Å². The first-order valence-electron chi connectivity index (χ1n) is 6.01. The number of halogens is 1. The Labute approximate surface area is 117 Å². The molecule has 18 heavy (non-hydrogen) atoms. The number of hydrogen-bond donors (Lipinski definition) is 0. The molecule has 92 valence electrons. The first kappa shape index (κ1) is 11.9. The Morgan fingerprint density at radius 2 is 1.83 bits per heavy atom. The van der Waals surface area contributed by atoms with E-state index in [-0.39, 0.29) is 0 Å². The summed E-state index contributed by atoms with van der Waals surface area (Å²) in [7, 11) is 0. The molecule has 0 fully saturated rings. The highest BCUT2D eigenvalue weighted by Crippen LogP contribution is 2.43. The number of nitrogens with zero attached hydrogens (tertiary/aromatic N) is 1. The second-order valence-corrected chi connectivity index (χ2v) is 6.23. The fraction of sp³-hybridized carbons (Fsp3) is 0.200. The van der Waals surface area contributed by atoms with Gasteiger partial charge in [0, 0.05) is 16.5 Å². The van der Waals surface area contributed by atoms with Crippen LogP contribution in [0.3, 0.4) is 0 Å². The second kappa shape index (κ2) is 4.87. The highest BCUT2D eigenvalue weighted by atomic mass is 35.5. The van der Waals surface area contributed by atoms with E-state index >= 15 is 0 Å². The molecule has 0 spiro atoms. The van der Waals surface area contributed by atoms with Gasteiger partial charge < -0.3 is 4.90 Å². The average molecular weight is 276 g/mol. The van der Waals surface area contributed by atoms with Gasteiger partial charge in [0.1, 0.15) is 0 Å². The summed E-state index contributed by atoms with van der Waals surface area (Å²) in [5.41, 5.74) is 2.63. The van der Waals surface area contributed by atoms with Crippen molar-refractivity contribution < 1.29 is 0 Å². The fourth-order valence-corrected chi connectivity index (χ4v) is 3.51. The summed E-state index contributed by atoms with van der Waals surface area (Å²) < 4.78 is 0. The van der Waals surface area contributed by atoms with E-state index in [0.29, 0.717) is 5.37 Å². The average Bonchev–Trinajstić information content (AvgIpc) is 2.69. The molecule has 2 aromatic rings. The van der Waals surface area contributed by atoms with Crippen LogP contribution in [0.2, 0.25) is 5.02 Å². The third-order valence-electron chi connectivity index (χ3n) is 3.18. The maximum absolute atomic E-state index is 5.92. The summed E-state index contributed by atoms with van der Waals surface area (Å²) in [5.74, 6) is 0. The molecule has 3 heteroatoms. The third kappa shape index (κ3) is 2.23. The van der Waals surface area contributed by atoms with Gasteiger partial charge in [0.2, 0.25) is 0 Å². The maximum atomic E-state index is 5.92. The lowest BCUT2D eigenvalue weighted by atomic mass is 10.2. The van der Waals surface area contributed by atoms with Crippen LogP contribution in [0.4, 0.5) is 5.69 Å². The van der Waals surface area contributed by atoms with Gasteiger partial charge in [0.15, 0.2) is 0 Å². The fourth-order valence-electron chi connectivity index (χ4n) is 2.24. The number of hydrogen-bond acceptors (Lipinski definition) is 2. The van der Waals surface area contributed by atoms with Crippen LogP contribution >= 0.6 is 23.4 Å². The first-order valence-corrected chi connectivity index (χ1v) is 7.26. The monoisotopic (exact) mass is 275 g/mol. The summed E-state index contributed by atoms with van der Waals surface area (Å²) >= 11 is 7.84. The topological polar surface area (TPSA) is 3.24 Å². The first-order chi connectivity index (χ1) is 8.74. The zero-order valence-corrected chi connectivity index (χ0v) is 11.7. The quantitative estimate of drug-likeness (QED) is 0.775. The van der Waals surface area contributed by atoms with Crippen molar-refractivity contribution in [3.05, 3.63) is 59.1 Å². The minimum atomic E-state index is 0.484. The van der Waals surface area contributed by atoms with E-state index in [2.05, 4.69) is 48.2 Å². The molecule has 0 radical (unpaired) electrons. The summed E-state index contributed by atoms with van der Waals surface area (Å²) in [6.45, 7) is 3.18. The summed E-state index contributed by atoms with van der Waals surface area (Å²) in [6.07, 6.45) is 0. The Kier molecular flexibility index (Phi) is 3.23. The van der Waals surface area contributed by atoms with Gasteiger partial charge >= 0.3 is 0 Å². The van der Waals surface area contributed by atoms with Gasteiger partial charge in [-0.15, -0.1) is 0 Å². The molecule has 0 amide bonds. The lowest BCUT2D eigenvalue weighted by Gasteiger charge is -2.23. The number of para-hydroxylation sites is 1. The summed E-state index contributed by atoms with van der Waals surface area (Å²) in [6, 6.07) is 16.7. The van der Waals surface area contributed by atoms with Gasteiger partial charge in [0.25, 0.3) is 0 Å². The summed E-state index contributed by atoms with van der Waals surface area (Å²) in [5, 5.41) is 1.28. The van der Waals surface area contributed by atoms with Gasteiger partial charge in [-0.3, -0.25) is 0 Å². The van der Waals surface area contributed by atoms with E-state index < -0.39 is 0 Å². The van der Waals surface area contributed by atoms with E-state index in [0.717, 1.165) is 11.6 Å². The Morgan fingerprint density at radius 1 is 1.11 bits per heavy atom. The highest BCUT2D eigenvalue weighted by molar-refractivity contribution is 8.00. The largest absolute Gasteiger partial charge is 0.354 e. The van der Waals surface area contributed by atoms with Crippen molar-refractivity contribution in [3.8, 4) is 0 Å². The molecular formula is C15H14ClNS. The van der Waals surface area contributed by atoms with Crippen molar-refractivity contribution >= 4 is 29.1 Å². The van der Waals surface area contributed by atoms with Crippen molar-refractivity contribution in [1.82, 2.24) is 0 Å². The molecule has 0 N–H and O–H groups in total. The SMILES string of the molecule is CC1Sc2ccccc2N1Cc1ccc(Cl)cc1. The van der Waals surface area contributed by atoms with E-state index in [4.69, 9.17) is 11.6 Å². The Bertz CT molecular complexity index is 553. The molecule has 0 aliphatic carbocycles. The molecule has 1 aliphatic rings. The standard InChI is InChI=1S/C15H14ClNS/c1-11-17(10-12-6-8-13(16)9-7-12)14-4-2-3-5-15(14)18-11/h2-9,11H,10H2,1H3. The molecule has 0 saturated carbocycles. The van der Waals surface area contributed by atoms with Crippen molar-refractivity contribution in [2.75, 3.05) is 4.90 Å². The van der Waals surface area contributed by atoms with E-state index in [1.54, 1.807) is 0 Å². The Balaban J connectivity index is 1.87. The Hall–Kier alpha value is -1.12. The smallest absolute Gasteiger partial charge is 0.0773 e. The number of rotatable bonds is 2. The molecule has 1 heterocycles. The molecular weight excluding hydrogens is 262 g/mol. The number of thioether (sulfide) groups is 1. The maximum Gasteiger partial charge on any atom is 0.0773 e. The van der Waals surface area contributed by atoms with Crippen LogP contribution in [-0.4, -0.2) is 5.37 Å². The third-order valence-corrected chi connectivity index (χ3v) is 4.62. The number of fused-ring (bicyclic) bond motifs is 1. The van der Waals surface area contributed by atoms with Crippen LogP contribution in [0.5, 0.6) is 0 Å². The van der Waals surface area contributed by atoms with Crippen LogP contribution in [0.15, 0.2) is 53.4 Å². The molecule has 2 aromatic carbocycles. The lowest BCUT2D eigenvalue weighted by molar-refractivity contribution is 0.802.